The van der Waals surface area contributed by atoms with E-state index >= 15 is 0 Å². The summed E-state index contributed by atoms with van der Waals surface area (Å²) >= 11 is 0. The number of nitrogens with zero attached hydrogens (tertiary/aromatic N) is 2. The zero-order chi connectivity index (χ0) is 14.2. The van der Waals surface area contributed by atoms with Gasteiger partial charge in [0.25, 0.3) is 5.91 Å². The molecule has 0 saturated heterocycles. The third-order valence-electron chi connectivity index (χ3n) is 2.65. The average Bonchev–Trinajstić information content (AvgIpc) is 2.52. The molecular formula is C15H16N4O. The largest absolute Gasteiger partial charge is 0.380 e. The van der Waals surface area contributed by atoms with Gasteiger partial charge in [0.2, 0.25) is 0 Å². The second kappa shape index (κ2) is 7.04. The summed E-state index contributed by atoms with van der Waals surface area (Å²) < 4.78 is 0. The van der Waals surface area contributed by atoms with E-state index in [1.54, 1.807) is 30.7 Å². The molecule has 0 radical (unpaired) electrons. The van der Waals surface area contributed by atoms with Gasteiger partial charge < -0.3 is 10.6 Å². The molecular weight excluding hydrogens is 252 g/mol. The van der Waals surface area contributed by atoms with Crippen LogP contribution in [0.2, 0.25) is 0 Å². The van der Waals surface area contributed by atoms with Gasteiger partial charge in [-0.15, -0.1) is 6.58 Å². The normalized spacial score (nSPS) is 9.80. The van der Waals surface area contributed by atoms with Gasteiger partial charge in [-0.05, 0) is 29.8 Å². The zero-order valence-electron chi connectivity index (χ0n) is 11.0. The molecule has 2 aromatic heterocycles. The highest BCUT2D eigenvalue weighted by atomic mass is 16.1. The highest BCUT2D eigenvalue weighted by Gasteiger charge is 2.05. The van der Waals surface area contributed by atoms with Crippen LogP contribution in [0.5, 0.6) is 0 Å². The van der Waals surface area contributed by atoms with Crippen molar-refractivity contribution in [1.82, 2.24) is 15.3 Å². The number of rotatable bonds is 6. The van der Waals surface area contributed by atoms with E-state index in [4.69, 9.17) is 0 Å². The summed E-state index contributed by atoms with van der Waals surface area (Å²) in [6, 6.07) is 7.40. The lowest BCUT2D eigenvalue weighted by Gasteiger charge is -2.07. The number of aromatic nitrogens is 2. The monoisotopic (exact) mass is 268 g/mol. The van der Waals surface area contributed by atoms with E-state index in [0.717, 1.165) is 11.3 Å². The molecule has 2 heterocycles. The van der Waals surface area contributed by atoms with Gasteiger partial charge in [-0.25, -0.2) is 4.98 Å². The van der Waals surface area contributed by atoms with Gasteiger partial charge in [0, 0.05) is 25.5 Å². The van der Waals surface area contributed by atoms with E-state index in [1.165, 1.54) is 0 Å². The first-order valence-corrected chi connectivity index (χ1v) is 6.27. The molecule has 1 amide bonds. The summed E-state index contributed by atoms with van der Waals surface area (Å²) in [5.74, 6) is -0.203. The molecule has 0 spiro atoms. The first kappa shape index (κ1) is 13.7. The summed E-state index contributed by atoms with van der Waals surface area (Å²) in [6.07, 6.45) is 6.77. The predicted molar refractivity (Wildman–Crippen MR) is 78.3 cm³/mol. The quantitative estimate of drug-likeness (QED) is 0.786. The van der Waals surface area contributed by atoms with E-state index in [-0.39, 0.29) is 5.91 Å². The lowest BCUT2D eigenvalue weighted by molar-refractivity contribution is 0.0953. The van der Waals surface area contributed by atoms with Crippen molar-refractivity contribution < 1.29 is 4.79 Å². The van der Waals surface area contributed by atoms with Crippen LogP contribution in [0, 0.1) is 0 Å². The van der Waals surface area contributed by atoms with Crippen LogP contribution in [-0.4, -0.2) is 22.4 Å². The Balaban J connectivity index is 1.91. The molecule has 0 aliphatic rings. The number of hydrogen-bond acceptors (Lipinski definition) is 4. The smallest absolute Gasteiger partial charge is 0.270 e. The molecule has 2 N–H and O–H groups in total. The Bertz CT molecular complexity index is 566. The molecule has 0 unspecified atom stereocenters. The van der Waals surface area contributed by atoms with Gasteiger partial charge in [0.1, 0.15) is 5.69 Å². The molecule has 5 nitrogen and oxygen atoms in total. The first-order valence-electron chi connectivity index (χ1n) is 6.27. The molecule has 2 aromatic rings. The third-order valence-corrected chi connectivity index (χ3v) is 2.65. The van der Waals surface area contributed by atoms with Crippen molar-refractivity contribution in [3.8, 4) is 0 Å². The second-order valence-corrected chi connectivity index (χ2v) is 4.14. The highest BCUT2D eigenvalue weighted by molar-refractivity contribution is 5.92. The molecule has 2 rings (SSSR count). The minimum absolute atomic E-state index is 0.203. The maximum Gasteiger partial charge on any atom is 0.270 e. The Morgan fingerprint density at radius 2 is 2.05 bits per heavy atom. The predicted octanol–water partition coefficient (Wildman–Crippen LogP) is 2.00. The SMILES string of the molecule is C=CCNC(=O)c1ccc(NCc2ccncc2)cn1. The van der Waals surface area contributed by atoms with E-state index in [1.807, 2.05) is 18.2 Å². The first-order chi connectivity index (χ1) is 9.79. The maximum atomic E-state index is 11.6. The van der Waals surface area contributed by atoms with E-state index < -0.39 is 0 Å². The van der Waals surface area contributed by atoms with Crippen LogP contribution in [0.4, 0.5) is 5.69 Å². The topological polar surface area (TPSA) is 66.9 Å². The van der Waals surface area contributed by atoms with E-state index in [0.29, 0.717) is 18.8 Å². The standard InChI is InChI=1S/C15H16N4O/c1-2-7-17-15(20)14-4-3-13(11-19-14)18-10-12-5-8-16-9-6-12/h2-6,8-9,11,18H,1,7,10H2,(H,17,20). The molecule has 0 aliphatic carbocycles. The van der Waals surface area contributed by atoms with Gasteiger partial charge in [-0.1, -0.05) is 6.08 Å². The van der Waals surface area contributed by atoms with E-state index in [2.05, 4.69) is 27.2 Å². The van der Waals surface area contributed by atoms with Gasteiger partial charge in [-0.3, -0.25) is 9.78 Å². The van der Waals surface area contributed by atoms with E-state index in [9.17, 15) is 4.79 Å². The fourth-order valence-corrected chi connectivity index (χ4v) is 1.59. The summed E-state index contributed by atoms with van der Waals surface area (Å²) in [5, 5.41) is 5.91. The molecule has 0 atom stereocenters. The Hall–Kier alpha value is -2.69. The molecule has 5 heteroatoms. The lowest BCUT2D eigenvalue weighted by atomic mass is 10.2. The molecule has 0 aliphatic heterocycles. The average molecular weight is 268 g/mol. The minimum atomic E-state index is -0.203. The summed E-state index contributed by atoms with van der Waals surface area (Å²) in [6.45, 7) is 4.66. The minimum Gasteiger partial charge on any atom is -0.380 e. The van der Waals surface area contributed by atoms with Gasteiger partial charge in [-0.2, -0.15) is 0 Å². The number of carbonyl (C=O) groups excluding carboxylic acids is 1. The molecule has 0 fully saturated rings. The number of amides is 1. The Labute approximate surface area is 117 Å². The third kappa shape index (κ3) is 3.91. The number of hydrogen-bond donors (Lipinski definition) is 2. The Morgan fingerprint density at radius 3 is 2.70 bits per heavy atom. The van der Waals surface area contributed by atoms with Crippen molar-refractivity contribution in [2.75, 3.05) is 11.9 Å². The highest BCUT2D eigenvalue weighted by Crippen LogP contribution is 2.08. The number of nitrogens with one attached hydrogen (secondary N) is 2. The van der Waals surface area contributed by atoms with Gasteiger partial charge in [0.15, 0.2) is 0 Å². The lowest BCUT2D eigenvalue weighted by Crippen LogP contribution is -2.24. The van der Waals surface area contributed by atoms with Crippen molar-refractivity contribution in [1.29, 1.82) is 0 Å². The van der Waals surface area contributed by atoms with Crippen molar-refractivity contribution in [2.24, 2.45) is 0 Å². The fraction of sp³-hybridized carbons (Fsp3) is 0.133. The number of anilines is 1. The number of carbonyl (C=O) groups is 1. The molecule has 0 bridgehead atoms. The van der Waals surface area contributed by atoms with Crippen LogP contribution in [0.15, 0.2) is 55.5 Å². The van der Waals surface area contributed by atoms with Crippen molar-refractivity contribution >= 4 is 11.6 Å². The molecule has 0 aromatic carbocycles. The van der Waals surface area contributed by atoms with Crippen LogP contribution < -0.4 is 10.6 Å². The molecule has 20 heavy (non-hydrogen) atoms. The summed E-state index contributed by atoms with van der Waals surface area (Å²) in [4.78, 5) is 19.7. The fourth-order valence-electron chi connectivity index (χ4n) is 1.59. The molecule has 102 valence electrons. The van der Waals surface area contributed by atoms with Crippen LogP contribution in [-0.2, 0) is 6.54 Å². The van der Waals surface area contributed by atoms with Crippen molar-refractivity contribution in [3.05, 3.63) is 66.8 Å². The maximum absolute atomic E-state index is 11.6. The van der Waals surface area contributed by atoms with Crippen LogP contribution in [0.1, 0.15) is 16.1 Å². The Morgan fingerprint density at radius 1 is 1.25 bits per heavy atom. The number of pyridine rings is 2. The zero-order valence-corrected chi connectivity index (χ0v) is 11.0. The Kier molecular flexibility index (Phi) is 4.83. The van der Waals surface area contributed by atoms with Crippen LogP contribution in [0.3, 0.4) is 0 Å². The van der Waals surface area contributed by atoms with Gasteiger partial charge >= 0.3 is 0 Å². The van der Waals surface area contributed by atoms with Crippen LogP contribution in [0.25, 0.3) is 0 Å². The van der Waals surface area contributed by atoms with Crippen LogP contribution >= 0.6 is 0 Å². The summed E-state index contributed by atoms with van der Waals surface area (Å²) in [7, 11) is 0. The van der Waals surface area contributed by atoms with Gasteiger partial charge in [0.05, 0.1) is 11.9 Å². The van der Waals surface area contributed by atoms with Crippen molar-refractivity contribution in [2.45, 2.75) is 6.54 Å². The van der Waals surface area contributed by atoms with Crippen molar-refractivity contribution in [3.63, 3.8) is 0 Å². The second-order valence-electron chi connectivity index (χ2n) is 4.14. The summed E-state index contributed by atoms with van der Waals surface area (Å²) in [5.41, 5.74) is 2.39. The molecule has 0 saturated carbocycles.